The van der Waals surface area contributed by atoms with E-state index in [1.54, 1.807) is 6.92 Å². The number of hydrogen-bond acceptors (Lipinski definition) is 22. The summed E-state index contributed by atoms with van der Waals surface area (Å²) >= 11 is 0. The molecule has 13 atom stereocenters. The van der Waals surface area contributed by atoms with E-state index in [0.717, 1.165) is 13.8 Å². The minimum Gasteiger partial charge on any atom is -0.481 e. The Morgan fingerprint density at radius 1 is 1.03 bits per heavy atom. The van der Waals surface area contributed by atoms with Gasteiger partial charge in [-0.25, -0.2) is 15.6 Å². The van der Waals surface area contributed by atoms with Gasteiger partial charge in [-0.05, 0) is 40.0 Å². The van der Waals surface area contributed by atoms with E-state index in [1.807, 2.05) is 0 Å². The molecule has 1 unspecified atom stereocenters. The third-order valence-corrected chi connectivity index (χ3v) is 9.60. The van der Waals surface area contributed by atoms with Crippen molar-refractivity contribution in [3.05, 3.63) is 0 Å². The molecule has 62 heavy (non-hydrogen) atoms. The molecule has 17 N–H and O–H groups in total. The van der Waals surface area contributed by atoms with Crippen molar-refractivity contribution in [3.63, 3.8) is 0 Å². The molecule has 0 saturated carbocycles. The third kappa shape index (κ3) is 17.1. The molecule has 0 aromatic heterocycles. The summed E-state index contributed by atoms with van der Waals surface area (Å²) in [7, 11) is 0. The Morgan fingerprint density at radius 2 is 1.63 bits per heavy atom. The number of hydrogen-bond donors (Lipinski definition) is 15. The molecule has 2 aliphatic rings. The van der Waals surface area contributed by atoms with E-state index in [9.17, 15) is 69.0 Å². The molecule has 0 radical (unpaired) electrons. The van der Waals surface area contributed by atoms with Crippen LogP contribution in [-0.4, -0.2) is 192 Å². The molecular formula is C35H62N8O19. The number of aliphatic hydroxyl groups is 6. The van der Waals surface area contributed by atoms with Gasteiger partial charge in [-0.15, -0.1) is 0 Å². The predicted octanol–water partition coefficient (Wildman–Crippen LogP) is -7.11. The van der Waals surface area contributed by atoms with Crippen LogP contribution < -0.4 is 38.5 Å². The van der Waals surface area contributed by atoms with E-state index in [1.165, 1.54) is 6.92 Å². The van der Waals surface area contributed by atoms with Crippen molar-refractivity contribution in [1.29, 1.82) is 0 Å². The zero-order valence-corrected chi connectivity index (χ0v) is 34.7. The van der Waals surface area contributed by atoms with Crippen LogP contribution in [0, 0.1) is 0 Å². The second-order valence-electron chi connectivity index (χ2n) is 14.7. The van der Waals surface area contributed by atoms with Gasteiger partial charge in [0.25, 0.3) is 0 Å². The van der Waals surface area contributed by atoms with Crippen LogP contribution in [0.1, 0.15) is 72.6 Å². The zero-order valence-electron chi connectivity index (χ0n) is 34.7. The standard InChI is InChI=1S/C20H37N3O12.C15H25N5O7/c1-8(33-18-14(21)20(32)34-13(7-26)16(18)30)4-22-9(2)19(31)35-17(15(29)12(28)6-25)11(5-24)23-10(3)27;1-15(14(26)27,20-10(21)5-3-2-4-6-11(20)22)18-19-17-9(13(16)25)7-8-12(23)24/h5,8-9,11-18,20,22,25-26,28-30,32H,4,6-7,21H2,1-3H3,(H,23,27);9,17-19H,2-8H2,1H3,(H2,16,25)(H,23,24)(H,26,27)/t8?,9-,11-,12+,13+,14+,15+,16+,17+,18+,20-;9-,15+/m01/s1. The summed E-state index contributed by atoms with van der Waals surface area (Å²) in [4.78, 5) is 94.4. The van der Waals surface area contributed by atoms with Crippen LogP contribution in [0.25, 0.3) is 0 Å². The number of primary amides is 1. The van der Waals surface area contributed by atoms with Crippen molar-refractivity contribution in [2.45, 2.75) is 151 Å². The van der Waals surface area contributed by atoms with Crippen LogP contribution in [0.4, 0.5) is 0 Å². The number of aliphatic hydroxyl groups excluding tert-OH is 6. The summed E-state index contributed by atoms with van der Waals surface area (Å²) in [5.41, 5.74) is 15.8. The maximum atomic E-state index is 12.6. The van der Waals surface area contributed by atoms with Crippen molar-refractivity contribution in [1.82, 2.24) is 31.9 Å². The molecule has 0 aliphatic carbocycles. The Morgan fingerprint density at radius 3 is 2.11 bits per heavy atom. The van der Waals surface area contributed by atoms with Crippen LogP contribution in [0.3, 0.4) is 0 Å². The number of ether oxygens (including phenoxy) is 3. The fraction of sp³-hybridized carbons (Fsp3) is 0.771. The van der Waals surface area contributed by atoms with E-state index in [-0.39, 0.29) is 38.5 Å². The number of nitrogens with two attached hydrogens (primary N) is 2. The molecule has 2 heterocycles. The third-order valence-electron chi connectivity index (χ3n) is 9.60. The van der Waals surface area contributed by atoms with Crippen molar-refractivity contribution in [3.8, 4) is 0 Å². The maximum absolute atomic E-state index is 12.6. The number of imide groups is 1. The number of carbonyl (C=O) groups is 8. The number of hydrazine groups is 2. The number of esters is 1. The summed E-state index contributed by atoms with van der Waals surface area (Å²) in [5.74, 6) is -6.37. The SMILES string of the molecule is CC(=O)N[C@@H](C=O)[C@@H](OC(=O)[C@H](C)NCC(C)O[C@@H]1[C@@H](N)[C@@H](O)O[C@H](CO)[C@H]1O)[C@H](O)[C@H](O)CO.C[C@@](NNN[C@H](CCC(=O)O)C(N)=O)(C(=O)O)N1C(=O)CCCCCC1=O. The van der Waals surface area contributed by atoms with E-state index in [0.29, 0.717) is 24.2 Å². The smallest absolute Gasteiger partial charge is 0.346 e. The molecule has 2 rings (SSSR count). The number of nitrogens with zero attached hydrogens (tertiary/aromatic N) is 1. The second kappa shape index (κ2) is 27.0. The molecule has 4 amide bonds. The van der Waals surface area contributed by atoms with Crippen molar-refractivity contribution < 1.29 is 93.4 Å². The van der Waals surface area contributed by atoms with Crippen LogP contribution in [0.2, 0.25) is 0 Å². The lowest BCUT2D eigenvalue weighted by Crippen LogP contribution is -2.71. The molecule has 27 heteroatoms. The highest BCUT2D eigenvalue weighted by Gasteiger charge is 2.47. The number of rotatable bonds is 24. The summed E-state index contributed by atoms with van der Waals surface area (Å²) < 4.78 is 15.8. The van der Waals surface area contributed by atoms with E-state index < -0.39 is 134 Å². The molecule has 356 valence electrons. The minimum atomic E-state index is -2.13. The Kier molecular flexibility index (Phi) is 24.2. The number of carboxylic acid groups (broad SMARTS) is 2. The highest BCUT2D eigenvalue weighted by Crippen LogP contribution is 2.23. The van der Waals surface area contributed by atoms with E-state index in [4.69, 9.17) is 35.9 Å². The summed E-state index contributed by atoms with van der Waals surface area (Å²) in [6.07, 6.45) is -9.40. The maximum Gasteiger partial charge on any atom is 0.346 e. The molecule has 2 saturated heterocycles. The lowest BCUT2D eigenvalue weighted by molar-refractivity contribution is -0.262. The highest BCUT2D eigenvalue weighted by molar-refractivity contribution is 6.00. The minimum absolute atomic E-state index is 0.0161. The first-order valence-corrected chi connectivity index (χ1v) is 19.5. The lowest BCUT2D eigenvalue weighted by Gasteiger charge is -2.41. The molecule has 0 bridgehead atoms. The number of carbonyl (C=O) groups excluding carboxylic acids is 6. The molecular weight excluding hydrogens is 836 g/mol. The van der Waals surface area contributed by atoms with Gasteiger partial charge < -0.3 is 82.0 Å². The molecule has 27 nitrogen and oxygen atoms in total. The predicted molar refractivity (Wildman–Crippen MR) is 207 cm³/mol. The Labute approximate surface area is 355 Å². The van der Waals surface area contributed by atoms with Gasteiger partial charge in [0.05, 0.1) is 25.4 Å². The number of carboxylic acids is 2. The number of aliphatic carboxylic acids is 2. The van der Waals surface area contributed by atoms with E-state index >= 15 is 0 Å². The molecule has 0 aromatic carbocycles. The first-order chi connectivity index (χ1) is 29.0. The van der Waals surface area contributed by atoms with Gasteiger partial charge in [0.15, 0.2) is 12.4 Å². The van der Waals surface area contributed by atoms with Crippen molar-refractivity contribution in [2.24, 2.45) is 11.5 Å². The molecule has 2 fully saturated rings. The van der Waals surface area contributed by atoms with Gasteiger partial charge in [-0.3, -0.25) is 33.7 Å². The monoisotopic (exact) mass is 898 g/mol. The van der Waals surface area contributed by atoms with Crippen molar-refractivity contribution >= 4 is 47.8 Å². The van der Waals surface area contributed by atoms with Gasteiger partial charge in [-0.1, -0.05) is 6.42 Å². The normalized spacial score (nSPS) is 25.1. The van der Waals surface area contributed by atoms with Gasteiger partial charge in [0.2, 0.25) is 29.3 Å². The zero-order chi connectivity index (χ0) is 47.5. The Hall–Kier alpha value is -4.36. The summed E-state index contributed by atoms with van der Waals surface area (Å²) in [6, 6.07) is -4.75. The topological polar surface area (TPSA) is 442 Å². The number of aldehydes is 1. The van der Waals surface area contributed by atoms with E-state index in [2.05, 4.69) is 27.0 Å². The summed E-state index contributed by atoms with van der Waals surface area (Å²) in [5, 5.41) is 81.7. The largest absolute Gasteiger partial charge is 0.481 e. The first-order valence-electron chi connectivity index (χ1n) is 19.5. The quantitative estimate of drug-likeness (QED) is 0.0185. The number of likely N-dealkylation sites (tertiary alicyclic amines) is 1. The van der Waals surface area contributed by atoms with Crippen LogP contribution in [0.5, 0.6) is 0 Å². The number of amides is 4. The molecule has 0 aromatic rings. The molecule has 0 spiro atoms. The van der Waals surface area contributed by atoms with Gasteiger partial charge in [0.1, 0.15) is 54.9 Å². The van der Waals surface area contributed by atoms with Crippen LogP contribution >= 0.6 is 0 Å². The van der Waals surface area contributed by atoms with Crippen LogP contribution in [0.15, 0.2) is 0 Å². The average Bonchev–Trinajstić information content (AvgIpc) is 3.20. The van der Waals surface area contributed by atoms with Crippen LogP contribution in [-0.2, 0) is 52.6 Å². The molecule has 2 aliphatic heterocycles. The number of nitrogens with one attached hydrogen (secondary N) is 5. The van der Waals surface area contributed by atoms with Crippen molar-refractivity contribution in [2.75, 3.05) is 19.8 Å². The highest BCUT2D eigenvalue weighted by atomic mass is 16.6. The Balaban J connectivity index is 0.000000641. The fourth-order valence-electron chi connectivity index (χ4n) is 5.96. The van der Waals surface area contributed by atoms with Gasteiger partial charge in [-0.2, -0.15) is 5.53 Å². The van der Waals surface area contributed by atoms with Gasteiger partial charge in [0, 0.05) is 32.7 Å². The van der Waals surface area contributed by atoms with Gasteiger partial charge >= 0.3 is 17.9 Å². The fourth-order valence-corrected chi connectivity index (χ4v) is 5.96. The average molecular weight is 899 g/mol. The lowest BCUT2D eigenvalue weighted by atomic mass is 9.97. The Bertz CT molecular complexity index is 1500. The first kappa shape index (κ1) is 55.7. The summed E-state index contributed by atoms with van der Waals surface area (Å²) in [6.45, 7) is 3.76. The second-order valence-corrected chi connectivity index (χ2v) is 14.7.